The van der Waals surface area contributed by atoms with Crippen molar-refractivity contribution in [1.29, 1.82) is 0 Å². The number of carbonyl (C=O) groups is 1. The maximum atomic E-state index is 13.7. The molecule has 0 bridgehead atoms. The number of carbonyl (C=O) groups excluding carboxylic acids is 1. The molecule has 0 aliphatic carbocycles. The van der Waals surface area contributed by atoms with E-state index in [9.17, 15) is 23.7 Å². The number of nitrogens with one attached hydrogen (secondary N) is 1. The first-order valence-electron chi connectivity index (χ1n) is 10.4. The second-order valence-electron chi connectivity index (χ2n) is 7.54. The van der Waals surface area contributed by atoms with Gasteiger partial charge in [0.05, 0.1) is 22.5 Å². The normalized spacial score (nSPS) is 13.4. The highest BCUT2D eigenvalue weighted by Crippen LogP contribution is 2.33. The fourth-order valence-corrected chi connectivity index (χ4v) is 4.31. The van der Waals surface area contributed by atoms with Crippen molar-refractivity contribution in [3.8, 4) is 17.0 Å². The van der Waals surface area contributed by atoms with Crippen LogP contribution in [-0.2, 0) is 4.79 Å². The van der Waals surface area contributed by atoms with Crippen LogP contribution in [0.1, 0.15) is 5.56 Å². The molecular formula is C24H15F2N5O4S. The molecular weight excluding hydrogens is 492 g/mol. The molecule has 0 atom stereocenters. The van der Waals surface area contributed by atoms with E-state index in [1.54, 1.807) is 29.6 Å². The quantitative estimate of drug-likeness (QED) is 0.237. The molecule has 180 valence electrons. The number of ether oxygens (including phenoxy) is 1. The van der Waals surface area contributed by atoms with Gasteiger partial charge in [-0.3, -0.25) is 14.9 Å². The summed E-state index contributed by atoms with van der Waals surface area (Å²) < 4.78 is 33.9. The summed E-state index contributed by atoms with van der Waals surface area (Å²) in [5.41, 5.74) is 1.89. The van der Waals surface area contributed by atoms with Crippen LogP contribution in [0.2, 0.25) is 0 Å². The number of aromatic nitrogens is 1. The summed E-state index contributed by atoms with van der Waals surface area (Å²) >= 11 is 1.17. The molecule has 1 amide bonds. The van der Waals surface area contributed by atoms with Gasteiger partial charge < -0.3 is 10.1 Å². The molecule has 1 aliphatic rings. The Bertz CT molecular complexity index is 1610. The predicted molar refractivity (Wildman–Crippen MR) is 130 cm³/mol. The third kappa shape index (κ3) is 4.61. The van der Waals surface area contributed by atoms with E-state index in [1.807, 2.05) is 0 Å². The van der Waals surface area contributed by atoms with Crippen molar-refractivity contribution >= 4 is 40.5 Å². The minimum absolute atomic E-state index is 0.0811. The van der Waals surface area contributed by atoms with Gasteiger partial charge in [0.2, 0.25) is 4.80 Å². The van der Waals surface area contributed by atoms with Crippen LogP contribution in [0.5, 0.6) is 5.75 Å². The van der Waals surface area contributed by atoms with E-state index >= 15 is 0 Å². The van der Waals surface area contributed by atoms with E-state index in [4.69, 9.17) is 4.74 Å². The summed E-state index contributed by atoms with van der Waals surface area (Å²) in [5, 5.41) is 20.3. The van der Waals surface area contributed by atoms with E-state index < -0.39 is 16.6 Å². The number of thiazole rings is 1. The Labute approximate surface area is 205 Å². The van der Waals surface area contributed by atoms with Gasteiger partial charge in [0, 0.05) is 17.0 Å². The maximum Gasteiger partial charge on any atom is 0.294 e. The smallest absolute Gasteiger partial charge is 0.294 e. The van der Waals surface area contributed by atoms with Crippen molar-refractivity contribution < 1.29 is 23.2 Å². The molecule has 4 aromatic rings. The maximum absolute atomic E-state index is 13.7. The Kier molecular flexibility index (Phi) is 6.09. The molecule has 1 N–H and O–H groups in total. The standard InChI is InChI=1S/C24H15F2N5O4S/c25-16-7-5-14(9-17(16)26)11-27-30-21(15-6-8-22-19(10-15)28-23(32)12-35-22)13-36-24(30)29-18-3-1-2-4-20(18)31(33)34/h1-11,13H,12H2,(H,28,32). The van der Waals surface area contributed by atoms with Crippen LogP contribution in [0.25, 0.3) is 11.3 Å². The Morgan fingerprint density at radius 2 is 1.94 bits per heavy atom. The van der Waals surface area contributed by atoms with Gasteiger partial charge in [0.25, 0.3) is 11.6 Å². The Morgan fingerprint density at radius 3 is 2.75 bits per heavy atom. The Hall–Kier alpha value is -4.71. The molecule has 0 unspecified atom stereocenters. The van der Waals surface area contributed by atoms with Crippen molar-refractivity contribution in [2.75, 3.05) is 11.9 Å². The minimum atomic E-state index is -1.02. The number of amides is 1. The van der Waals surface area contributed by atoms with E-state index in [2.05, 4.69) is 15.4 Å². The highest BCUT2D eigenvalue weighted by atomic mass is 32.1. The van der Waals surface area contributed by atoms with Gasteiger partial charge in [0.15, 0.2) is 18.2 Å². The van der Waals surface area contributed by atoms with Crippen LogP contribution < -0.4 is 14.9 Å². The van der Waals surface area contributed by atoms with E-state index in [0.29, 0.717) is 28.3 Å². The number of hydrogen-bond acceptors (Lipinski definition) is 7. The summed E-state index contributed by atoms with van der Waals surface area (Å²) in [7, 11) is 0. The highest BCUT2D eigenvalue weighted by molar-refractivity contribution is 7.07. The van der Waals surface area contributed by atoms with E-state index in [-0.39, 0.29) is 28.7 Å². The van der Waals surface area contributed by atoms with Gasteiger partial charge in [-0.2, -0.15) is 5.10 Å². The number of halogens is 2. The summed E-state index contributed by atoms with van der Waals surface area (Å²) in [6.45, 7) is -0.0811. The minimum Gasteiger partial charge on any atom is -0.482 e. The molecule has 36 heavy (non-hydrogen) atoms. The monoisotopic (exact) mass is 507 g/mol. The molecule has 9 nitrogen and oxygen atoms in total. The lowest BCUT2D eigenvalue weighted by molar-refractivity contribution is -0.384. The first-order valence-corrected chi connectivity index (χ1v) is 11.3. The van der Waals surface area contributed by atoms with Crippen molar-refractivity contribution in [2.24, 2.45) is 10.1 Å². The van der Waals surface area contributed by atoms with Crippen molar-refractivity contribution in [1.82, 2.24) is 4.68 Å². The second kappa shape index (κ2) is 9.50. The van der Waals surface area contributed by atoms with Crippen molar-refractivity contribution in [3.05, 3.63) is 98.2 Å². The number of anilines is 1. The number of nitro groups is 1. The average Bonchev–Trinajstić information content (AvgIpc) is 3.26. The molecule has 0 saturated heterocycles. The third-order valence-electron chi connectivity index (χ3n) is 5.15. The van der Waals surface area contributed by atoms with Crippen LogP contribution >= 0.6 is 11.3 Å². The molecule has 1 aliphatic heterocycles. The molecule has 1 aromatic heterocycles. The summed E-state index contributed by atoms with van der Waals surface area (Å²) in [6.07, 6.45) is 1.32. The lowest BCUT2D eigenvalue weighted by Crippen LogP contribution is -2.25. The number of para-hydroxylation sites is 2. The average molecular weight is 507 g/mol. The summed E-state index contributed by atoms with van der Waals surface area (Å²) in [5.74, 6) is -1.79. The van der Waals surface area contributed by atoms with Crippen molar-refractivity contribution in [2.45, 2.75) is 0 Å². The first-order chi connectivity index (χ1) is 17.4. The topological polar surface area (TPSA) is 111 Å². The number of benzene rings is 3. The number of fused-ring (bicyclic) bond motifs is 1. The molecule has 0 saturated carbocycles. The van der Waals surface area contributed by atoms with Crippen LogP contribution in [0.4, 0.5) is 25.8 Å². The molecule has 0 spiro atoms. The summed E-state index contributed by atoms with van der Waals surface area (Å²) in [6, 6.07) is 14.5. The Morgan fingerprint density at radius 1 is 1.11 bits per heavy atom. The zero-order valence-corrected chi connectivity index (χ0v) is 19.0. The number of hydrogen-bond donors (Lipinski definition) is 1. The zero-order valence-electron chi connectivity index (χ0n) is 18.2. The van der Waals surface area contributed by atoms with Gasteiger partial charge in [0.1, 0.15) is 11.4 Å². The predicted octanol–water partition coefficient (Wildman–Crippen LogP) is 4.85. The van der Waals surface area contributed by atoms with Gasteiger partial charge in [-0.15, -0.1) is 11.3 Å². The molecule has 2 heterocycles. The number of rotatable bonds is 5. The third-order valence-corrected chi connectivity index (χ3v) is 5.97. The van der Waals surface area contributed by atoms with Gasteiger partial charge in [-0.05, 0) is 42.0 Å². The van der Waals surface area contributed by atoms with Crippen molar-refractivity contribution in [3.63, 3.8) is 0 Å². The lowest BCUT2D eigenvalue weighted by atomic mass is 10.1. The fraction of sp³-hybridized carbons (Fsp3) is 0.0417. The largest absolute Gasteiger partial charge is 0.482 e. The first kappa shape index (κ1) is 23.1. The number of nitrogens with zero attached hydrogens (tertiary/aromatic N) is 4. The fourth-order valence-electron chi connectivity index (χ4n) is 3.46. The van der Waals surface area contributed by atoms with E-state index in [1.165, 1.54) is 46.5 Å². The molecule has 5 rings (SSSR count). The summed E-state index contributed by atoms with van der Waals surface area (Å²) in [4.78, 5) is 27.4. The van der Waals surface area contributed by atoms with Crippen LogP contribution in [0, 0.1) is 21.7 Å². The van der Waals surface area contributed by atoms with E-state index in [0.717, 1.165) is 12.1 Å². The lowest BCUT2D eigenvalue weighted by Gasteiger charge is -2.18. The Balaban J connectivity index is 1.66. The van der Waals surface area contributed by atoms with Gasteiger partial charge in [-0.1, -0.05) is 18.2 Å². The molecule has 0 radical (unpaired) electrons. The number of nitro benzene ring substituents is 1. The molecule has 0 fully saturated rings. The SMILES string of the molecule is O=C1COc2ccc(-c3csc(=Nc4ccccc4[N+](=O)[O-])n3N=Cc3ccc(F)c(F)c3)cc2N1. The molecule has 12 heteroatoms. The van der Waals surface area contributed by atoms with Gasteiger partial charge >= 0.3 is 0 Å². The second-order valence-corrected chi connectivity index (χ2v) is 8.38. The highest BCUT2D eigenvalue weighted by Gasteiger charge is 2.18. The van der Waals surface area contributed by atoms with Crippen LogP contribution in [0.15, 0.2) is 76.1 Å². The van der Waals surface area contributed by atoms with Gasteiger partial charge in [-0.25, -0.2) is 18.4 Å². The van der Waals surface area contributed by atoms with Crippen LogP contribution in [0.3, 0.4) is 0 Å². The molecule has 3 aromatic carbocycles. The van der Waals surface area contributed by atoms with Crippen LogP contribution in [-0.4, -0.2) is 28.3 Å². The zero-order chi connectivity index (χ0) is 25.2.